The molecular weight excluding hydrogens is 462 g/mol. The highest BCUT2D eigenvalue weighted by Gasteiger charge is 2.31. The zero-order valence-corrected chi connectivity index (χ0v) is 16.5. The summed E-state index contributed by atoms with van der Waals surface area (Å²) >= 11 is 0. The van der Waals surface area contributed by atoms with Gasteiger partial charge in [-0.05, 0) is 25.1 Å². The fraction of sp³-hybridized carbons (Fsp3) is 0.353. The summed E-state index contributed by atoms with van der Waals surface area (Å²) < 4.78 is 46.6. The molecule has 0 unspecified atom stereocenters. The number of rotatable bonds is 7. The van der Waals surface area contributed by atoms with Crippen molar-refractivity contribution < 1.29 is 22.3 Å². The SMILES string of the molecule is CCNC(=NCc1ccccc1OC(F)(F)F)NCCc1ccco1.I. The average Bonchev–Trinajstić information content (AvgIpc) is 3.06. The third-order valence-electron chi connectivity index (χ3n) is 3.19. The van der Waals surface area contributed by atoms with Crippen LogP contribution in [0.1, 0.15) is 18.2 Å². The first-order valence-corrected chi connectivity index (χ1v) is 7.86. The summed E-state index contributed by atoms with van der Waals surface area (Å²) in [4.78, 5) is 4.31. The van der Waals surface area contributed by atoms with Crippen LogP contribution in [0.5, 0.6) is 5.75 Å². The molecule has 0 saturated heterocycles. The molecule has 0 spiro atoms. The van der Waals surface area contributed by atoms with Gasteiger partial charge in [0.15, 0.2) is 5.96 Å². The highest BCUT2D eigenvalue weighted by molar-refractivity contribution is 14.0. The molecule has 9 heteroatoms. The third-order valence-corrected chi connectivity index (χ3v) is 3.19. The van der Waals surface area contributed by atoms with E-state index in [2.05, 4.69) is 20.4 Å². The molecule has 2 rings (SSSR count). The van der Waals surface area contributed by atoms with Crippen LogP contribution in [0, 0.1) is 0 Å². The van der Waals surface area contributed by atoms with Crippen molar-refractivity contribution in [3.05, 3.63) is 54.0 Å². The molecule has 0 bridgehead atoms. The average molecular weight is 483 g/mol. The lowest BCUT2D eigenvalue weighted by atomic mass is 10.2. The number of aliphatic imine (C=N–C) groups is 1. The van der Waals surface area contributed by atoms with Crippen molar-refractivity contribution in [3.8, 4) is 5.75 Å². The van der Waals surface area contributed by atoms with Crippen LogP contribution in [0.3, 0.4) is 0 Å². The first-order chi connectivity index (χ1) is 12.0. The molecule has 0 atom stereocenters. The third kappa shape index (κ3) is 7.98. The van der Waals surface area contributed by atoms with E-state index in [0.717, 1.165) is 5.76 Å². The number of hydrogen-bond donors (Lipinski definition) is 2. The maximum Gasteiger partial charge on any atom is 0.573 e. The minimum Gasteiger partial charge on any atom is -0.469 e. The van der Waals surface area contributed by atoms with E-state index < -0.39 is 6.36 Å². The summed E-state index contributed by atoms with van der Waals surface area (Å²) in [6.45, 7) is 3.18. The highest BCUT2D eigenvalue weighted by Crippen LogP contribution is 2.26. The topological polar surface area (TPSA) is 58.8 Å². The summed E-state index contributed by atoms with van der Waals surface area (Å²) in [5.74, 6) is 1.10. The van der Waals surface area contributed by atoms with Crippen molar-refractivity contribution in [2.45, 2.75) is 26.3 Å². The van der Waals surface area contributed by atoms with E-state index in [9.17, 15) is 13.2 Å². The van der Waals surface area contributed by atoms with Crippen LogP contribution in [0.4, 0.5) is 13.2 Å². The van der Waals surface area contributed by atoms with Crippen molar-refractivity contribution in [1.29, 1.82) is 0 Å². The van der Waals surface area contributed by atoms with Gasteiger partial charge in [0.05, 0.1) is 12.8 Å². The van der Waals surface area contributed by atoms with E-state index >= 15 is 0 Å². The van der Waals surface area contributed by atoms with Crippen molar-refractivity contribution >= 4 is 29.9 Å². The second kappa shape index (κ2) is 10.9. The summed E-state index contributed by atoms with van der Waals surface area (Å²) in [5, 5.41) is 6.16. The van der Waals surface area contributed by atoms with Crippen LogP contribution < -0.4 is 15.4 Å². The lowest BCUT2D eigenvalue weighted by molar-refractivity contribution is -0.274. The maximum atomic E-state index is 12.5. The number of nitrogens with one attached hydrogen (secondary N) is 2. The number of nitrogens with zero attached hydrogens (tertiary/aromatic N) is 1. The Morgan fingerprint density at radius 1 is 1.15 bits per heavy atom. The minimum absolute atomic E-state index is 0. The maximum absolute atomic E-state index is 12.5. The number of halogens is 4. The van der Waals surface area contributed by atoms with Crippen molar-refractivity contribution in [3.63, 3.8) is 0 Å². The molecule has 2 aromatic rings. The van der Waals surface area contributed by atoms with E-state index in [4.69, 9.17) is 4.42 Å². The smallest absolute Gasteiger partial charge is 0.469 e. The van der Waals surface area contributed by atoms with Crippen LogP contribution in [-0.2, 0) is 13.0 Å². The highest BCUT2D eigenvalue weighted by atomic mass is 127. The number of alkyl halides is 3. The summed E-state index contributed by atoms with van der Waals surface area (Å²) in [6.07, 6.45) is -2.46. The van der Waals surface area contributed by atoms with Crippen LogP contribution in [-0.4, -0.2) is 25.4 Å². The van der Waals surface area contributed by atoms with E-state index in [-0.39, 0.29) is 36.3 Å². The van der Waals surface area contributed by atoms with Gasteiger partial charge in [-0.15, -0.1) is 37.1 Å². The van der Waals surface area contributed by atoms with Gasteiger partial charge in [0.1, 0.15) is 11.5 Å². The predicted molar refractivity (Wildman–Crippen MR) is 104 cm³/mol. The van der Waals surface area contributed by atoms with Crippen molar-refractivity contribution in [2.75, 3.05) is 13.1 Å². The molecule has 1 heterocycles. The van der Waals surface area contributed by atoms with Crippen LogP contribution in [0.2, 0.25) is 0 Å². The Balaban J connectivity index is 0.00000338. The zero-order chi connectivity index (χ0) is 18.1. The lowest BCUT2D eigenvalue weighted by Crippen LogP contribution is -2.38. The van der Waals surface area contributed by atoms with E-state index in [0.29, 0.717) is 31.0 Å². The first kappa shape index (κ1) is 22.1. The molecule has 0 aliphatic rings. The second-order valence-corrected chi connectivity index (χ2v) is 5.11. The van der Waals surface area contributed by atoms with E-state index in [1.807, 2.05) is 19.1 Å². The molecule has 144 valence electrons. The van der Waals surface area contributed by atoms with Crippen LogP contribution in [0.25, 0.3) is 0 Å². The summed E-state index contributed by atoms with van der Waals surface area (Å²) in [5.41, 5.74) is 0.350. The molecule has 1 aromatic carbocycles. The lowest BCUT2D eigenvalue weighted by Gasteiger charge is -2.13. The van der Waals surface area contributed by atoms with Crippen LogP contribution >= 0.6 is 24.0 Å². The van der Waals surface area contributed by atoms with Crippen molar-refractivity contribution in [1.82, 2.24) is 10.6 Å². The van der Waals surface area contributed by atoms with Gasteiger partial charge >= 0.3 is 6.36 Å². The fourth-order valence-electron chi connectivity index (χ4n) is 2.12. The van der Waals surface area contributed by atoms with Crippen LogP contribution in [0.15, 0.2) is 52.1 Å². The van der Waals surface area contributed by atoms with Gasteiger partial charge in [0.2, 0.25) is 0 Å². The monoisotopic (exact) mass is 483 g/mol. The number of furan rings is 1. The minimum atomic E-state index is -4.73. The number of guanidine groups is 1. The Morgan fingerprint density at radius 2 is 1.92 bits per heavy atom. The standard InChI is InChI=1S/C17H20F3N3O2.HI/c1-2-21-16(22-10-9-14-7-5-11-24-14)23-12-13-6-3-4-8-15(13)25-17(18,19)20;/h3-8,11H,2,9-10,12H2,1H3,(H2,21,22,23);1H. The van der Waals surface area contributed by atoms with E-state index in [1.54, 1.807) is 18.4 Å². The molecule has 1 aromatic heterocycles. The number of benzene rings is 1. The van der Waals surface area contributed by atoms with Gasteiger partial charge < -0.3 is 19.8 Å². The predicted octanol–water partition coefficient (Wildman–Crippen LogP) is 4.09. The van der Waals surface area contributed by atoms with Gasteiger partial charge in [-0.2, -0.15) is 0 Å². The summed E-state index contributed by atoms with van der Waals surface area (Å²) in [6, 6.07) is 9.64. The van der Waals surface area contributed by atoms with E-state index in [1.165, 1.54) is 12.1 Å². The zero-order valence-electron chi connectivity index (χ0n) is 14.2. The van der Waals surface area contributed by atoms with Gasteiger partial charge in [-0.1, -0.05) is 18.2 Å². The molecule has 5 nitrogen and oxygen atoms in total. The molecule has 26 heavy (non-hydrogen) atoms. The molecular formula is C17H21F3IN3O2. The molecule has 0 aliphatic heterocycles. The molecule has 0 radical (unpaired) electrons. The number of ether oxygens (including phenoxy) is 1. The number of para-hydroxylation sites is 1. The number of hydrogen-bond acceptors (Lipinski definition) is 3. The van der Waals surface area contributed by atoms with Gasteiger partial charge in [-0.25, -0.2) is 4.99 Å². The van der Waals surface area contributed by atoms with Gasteiger partial charge in [0.25, 0.3) is 0 Å². The molecule has 0 amide bonds. The largest absolute Gasteiger partial charge is 0.573 e. The quantitative estimate of drug-likeness (QED) is 0.354. The molecule has 0 aliphatic carbocycles. The Labute approximate surface area is 167 Å². The molecule has 0 fully saturated rings. The first-order valence-electron chi connectivity index (χ1n) is 7.86. The van der Waals surface area contributed by atoms with Gasteiger partial charge in [-0.3, -0.25) is 0 Å². The summed E-state index contributed by atoms with van der Waals surface area (Å²) in [7, 11) is 0. The Kier molecular flexibility index (Phi) is 9.31. The molecule has 0 saturated carbocycles. The van der Waals surface area contributed by atoms with Gasteiger partial charge in [0, 0.05) is 25.1 Å². The van der Waals surface area contributed by atoms with Crippen molar-refractivity contribution in [2.24, 2.45) is 4.99 Å². The Bertz CT molecular complexity index is 676. The second-order valence-electron chi connectivity index (χ2n) is 5.11. The Morgan fingerprint density at radius 3 is 2.58 bits per heavy atom. The fourth-order valence-corrected chi connectivity index (χ4v) is 2.12. The normalized spacial score (nSPS) is 11.6. The Hall–Kier alpha value is -1.91. The molecule has 2 N–H and O–H groups in total.